The third-order valence-corrected chi connectivity index (χ3v) is 3.76. The van der Waals surface area contributed by atoms with E-state index in [0.29, 0.717) is 0 Å². The quantitative estimate of drug-likeness (QED) is 0.840. The van der Waals surface area contributed by atoms with Gasteiger partial charge in [0, 0.05) is 19.3 Å². The lowest BCUT2D eigenvalue weighted by atomic mass is 10.00. The zero-order chi connectivity index (χ0) is 12.8. The smallest absolute Gasteiger partial charge is 0.0669 e. The first kappa shape index (κ1) is 13.5. The second-order valence-corrected chi connectivity index (χ2v) is 5.56. The molecular weight excluding hydrogens is 224 g/mol. The van der Waals surface area contributed by atoms with Crippen LogP contribution in [-0.2, 0) is 6.54 Å². The van der Waals surface area contributed by atoms with Gasteiger partial charge < -0.3 is 5.11 Å². The molecule has 1 fully saturated rings. The molecule has 0 radical (unpaired) electrons. The molecule has 0 aliphatic heterocycles. The van der Waals surface area contributed by atoms with Crippen LogP contribution in [0.25, 0.3) is 0 Å². The first-order valence-corrected chi connectivity index (χ1v) is 7.00. The molecule has 1 saturated carbocycles. The summed E-state index contributed by atoms with van der Waals surface area (Å²) in [6, 6.07) is 5.96. The van der Waals surface area contributed by atoms with Crippen molar-refractivity contribution in [3.05, 3.63) is 30.1 Å². The molecule has 0 amide bonds. The summed E-state index contributed by atoms with van der Waals surface area (Å²) in [4.78, 5) is 6.46. The third-order valence-electron chi connectivity index (χ3n) is 3.76. The molecule has 3 heteroatoms. The standard InChI is InChI=1S/C15H24N2O/c1-17(11-14-8-4-5-9-16-14)12-15(18)10-13-6-2-3-7-13/h4-5,8-9,13,15,18H,2-3,6-7,10-12H2,1H3. The Hall–Kier alpha value is -0.930. The topological polar surface area (TPSA) is 36.4 Å². The summed E-state index contributed by atoms with van der Waals surface area (Å²) in [5, 5.41) is 10.1. The van der Waals surface area contributed by atoms with E-state index >= 15 is 0 Å². The first-order valence-electron chi connectivity index (χ1n) is 7.00. The third kappa shape index (κ3) is 4.39. The molecule has 0 bridgehead atoms. The monoisotopic (exact) mass is 248 g/mol. The van der Waals surface area contributed by atoms with Crippen molar-refractivity contribution in [1.82, 2.24) is 9.88 Å². The molecule has 1 unspecified atom stereocenters. The maximum absolute atomic E-state index is 10.1. The number of nitrogens with zero attached hydrogens (tertiary/aromatic N) is 2. The van der Waals surface area contributed by atoms with Crippen molar-refractivity contribution < 1.29 is 5.11 Å². The number of likely N-dealkylation sites (N-methyl/N-ethyl adjacent to an activating group) is 1. The predicted octanol–water partition coefficient (Wildman–Crippen LogP) is 2.45. The van der Waals surface area contributed by atoms with E-state index in [1.807, 2.05) is 31.4 Å². The van der Waals surface area contributed by atoms with Crippen LogP contribution in [0.2, 0.25) is 0 Å². The van der Waals surface area contributed by atoms with E-state index in [4.69, 9.17) is 0 Å². The number of hydrogen-bond acceptors (Lipinski definition) is 3. The van der Waals surface area contributed by atoms with Crippen LogP contribution in [0.3, 0.4) is 0 Å². The maximum atomic E-state index is 10.1. The maximum Gasteiger partial charge on any atom is 0.0669 e. The Morgan fingerprint density at radius 3 is 2.83 bits per heavy atom. The van der Waals surface area contributed by atoms with Crippen LogP contribution in [0.4, 0.5) is 0 Å². The highest BCUT2D eigenvalue weighted by atomic mass is 16.3. The highest BCUT2D eigenvalue weighted by molar-refractivity contribution is 5.03. The zero-order valence-corrected chi connectivity index (χ0v) is 11.3. The molecule has 0 spiro atoms. The molecule has 0 saturated heterocycles. The molecule has 0 aromatic carbocycles. The van der Waals surface area contributed by atoms with Crippen molar-refractivity contribution in [3.63, 3.8) is 0 Å². The minimum absolute atomic E-state index is 0.193. The van der Waals surface area contributed by atoms with Crippen LogP contribution in [0, 0.1) is 5.92 Å². The lowest BCUT2D eigenvalue weighted by Crippen LogP contribution is -2.30. The summed E-state index contributed by atoms with van der Waals surface area (Å²) in [6.07, 6.45) is 7.90. The Bertz CT molecular complexity index is 336. The van der Waals surface area contributed by atoms with E-state index in [0.717, 1.165) is 31.1 Å². The highest BCUT2D eigenvalue weighted by Crippen LogP contribution is 2.28. The van der Waals surface area contributed by atoms with Gasteiger partial charge in [0.2, 0.25) is 0 Å². The minimum Gasteiger partial charge on any atom is -0.392 e. The normalized spacial score (nSPS) is 18.4. The van der Waals surface area contributed by atoms with Gasteiger partial charge in [0.05, 0.1) is 11.8 Å². The van der Waals surface area contributed by atoms with Gasteiger partial charge in [0.15, 0.2) is 0 Å². The predicted molar refractivity (Wildman–Crippen MR) is 73.2 cm³/mol. The van der Waals surface area contributed by atoms with Crippen molar-refractivity contribution in [2.45, 2.75) is 44.8 Å². The molecular formula is C15H24N2O. The van der Waals surface area contributed by atoms with Crippen LogP contribution < -0.4 is 0 Å². The van der Waals surface area contributed by atoms with Crippen molar-refractivity contribution in [3.8, 4) is 0 Å². The second-order valence-electron chi connectivity index (χ2n) is 5.56. The summed E-state index contributed by atoms with van der Waals surface area (Å²) in [7, 11) is 2.05. The van der Waals surface area contributed by atoms with Gasteiger partial charge in [0.25, 0.3) is 0 Å². The highest BCUT2D eigenvalue weighted by Gasteiger charge is 2.19. The first-order chi connectivity index (χ1) is 8.74. The zero-order valence-electron chi connectivity index (χ0n) is 11.3. The van der Waals surface area contributed by atoms with Gasteiger partial charge >= 0.3 is 0 Å². The molecule has 1 aromatic heterocycles. The SMILES string of the molecule is CN(Cc1ccccn1)CC(O)CC1CCCC1. The summed E-state index contributed by atoms with van der Waals surface area (Å²) in [6.45, 7) is 1.55. The molecule has 1 aliphatic carbocycles. The van der Waals surface area contributed by atoms with Crippen molar-refractivity contribution in [1.29, 1.82) is 0 Å². The minimum atomic E-state index is -0.193. The lowest BCUT2D eigenvalue weighted by molar-refractivity contribution is 0.0990. The van der Waals surface area contributed by atoms with Gasteiger partial charge in [-0.2, -0.15) is 0 Å². The number of rotatable bonds is 6. The average molecular weight is 248 g/mol. The fraction of sp³-hybridized carbons (Fsp3) is 0.667. The largest absolute Gasteiger partial charge is 0.392 e. The fourth-order valence-electron chi connectivity index (χ4n) is 2.90. The van der Waals surface area contributed by atoms with E-state index in [-0.39, 0.29) is 6.10 Å². The fourth-order valence-corrected chi connectivity index (χ4v) is 2.90. The van der Waals surface area contributed by atoms with Crippen LogP contribution in [-0.4, -0.2) is 34.7 Å². The molecule has 2 rings (SSSR count). The summed E-state index contributed by atoms with van der Waals surface area (Å²) < 4.78 is 0. The number of aliphatic hydroxyl groups is 1. The van der Waals surface area contributed by atoms with E-state index in [1.54, 1.807) is 0 Å². The molecule has 3 nitrogen and oxygen atoms in total. The van der Waals surface area contributed by atoms with Gasteiger partial charge in [-0.3, -0.25) is 9.88 Å². The van der Waals surface area contributed by atoms with Gasteiger partial charge in [-0.1, -0.05) is 31.7 Å². The number of pyridine rings is 1. The molecule has 1 N–H and O–H groups in total. The Morgan fingerprint density at radius 1 is 1.39 bits per heavy atom. The molecule has 1 aromatic rings. The van der Waals surface area contributed by atoms with E-state index in [9.17, 15) is 5.11 Å². The van der Waals surface area contributed by atoms with Gasteiger partial charge in [-0.05, 0) is 31.5 Å². The summed E-state index contributed by atoms with van der Waals surface area (Å²) >= 11 is 0. The van der Waals surface area contributed by atoms with Crippen LogP contribution in [0.15, 0.2) is 24.4 Å². The molecule has 1 atom stereocenters. The second kappa shape index (κ2) is 6.86. The van der Waals surface area contributed by atoms with Gasteiger partial charge in [0.1, 0.15) is 0 Å². The Labute approximate surface area is 110 Å². The molecule has 100 valence electrons. The Morgan fingerprint density at radius 2 is 2.17 bits per heavy atom. The summed E-state index contributed by atoms with van der Waals surface area (Å²) in [5.41, 5.74) is 1.06. The van der Waals surface area contributed by atoms with Crippen LogP contribution >= 0.6 is 0 Å². The van der Waals surface area contributed by atoms with Crippen molar-refractivity contribution in [2.24, 2.45) is 5.92 Å². The Kier molecular flexibility index (Phi) is 5.14. The average Bonchev–Trinajstić information content (AvgIpc) is 2.82. The van der Waals surface area contributed by atoms with Crippen LogP contribution in [0.1, 0.15) is 37.8 Å². The van der Waals surface area contributed by atoms with Gasteiger partial charge in [-0.25, -0.2) is 0 Å². The van der Waals surface area contributed by atoms with Gasteiger partial charge in [-0.15, -0.1) is 0 Å². The van der Waals surface area contributed by atoms with Crippen molar-refractivity contribution >= 4 is 0 Å². The van der Waals surface area contributed by atoms with E-state index in [2.05, 4.69) is 9.88 Å². The number of aromatic nitrogens is 1. The lowest BCUT2D eigenvalue weighted by Gasteiger charge is -2.22. The molecule has 18 heavy (non-hydrogen) atoms. The summed E-state index contributed by atoms with van der Waals surface area (Å²) in [5.74, 6) is 0.753. The Balaban J connectivity index is 1.71. The number of aliphatic hydroxyl groups excluding tert-OH is 1. The van der Waals surface area contributed by atoms with Crippen molar-refractivity contribution in [2.75, 3.05) is 13.6 Å². The molecule has 1 heterocycles. The van der Waals surface area contributed by atoms with Crippen LogP contribution in [0.5, 0.6) is 0 Å². The number of hydrogen-bond donors (Lipinski definition) is 1. The van der Waals surface area contributed by atoms with E-state index in [1.165, 1.54) is 25.7 Å². The molecule has 1 aliphatic rings. The van der Waals surface area contributed by atoms with E-state index < -0.39 is 0 Å².